The van der Waals surface area contributed by atoms with E-state index in [1.807, 2.05) is 26.8 Å². The van der Waals surface area contributed by atoms with Gasteiger partial charge in [-0.15, -0.1) is 0 Å². The summed E-state index contributed by atoms with van der Waals surface area (Å²) in [4.78, 5) is 22.0. The third kappa shape index (κ3) is 4.12. The van der Waals surface area contributed by atoms with Gasteiger partial charge in [0.15, 0.2) is 5.92 Å². The molecule has 1 aromatic rings. The molecule has 0 aliphatic heterocycles. The molecule has 0 bridgehead atoms. The SMILES string of the molecule is Cc1cc(C(C)(C)C)ccc1C(C(=O)O)C(=O)O.[LiH]. The van der Waals surface area contributed by atoms with E-state index in [2.05, 4.69) is 0 Å². The first kappa shape index (κ1) is 17.8. The van der Waals surface area contributed by atoms with Crippen LogP contribution >= 0.6 is 0 Å². The van der Waals surface area contributed by atoms with Crippen LogP contribution in [0.4, 0.5) is 0 Å². The summed E-state index contributed by atoms with van der Waals surface area (Å²) in [6.45, 7) is 7.89. The number of hydrogen-bond donors (Lipinski definition) is 2. The van der Waals surface area contributed by atoms with E-state index < -0.39 is 17.9 Å². The Hall–Kier alpha value is -1.24. The van der Waals surface area contributed by atoms with E-state index in [4.69, 9.17) is 10.2 Å². The molecule has 0 radical (unpaired) electrons. The summed E-state index contributed by atoms with van der Waals surface area (Å²) < 4.78 is 0. The van der Waals surface area contributed by atoms with Gasteiger partial charge in [0.1, 0.15) is 0 Å². The van der Waals surface area contributed by atoms with Gasteiger partial charge in [0.05, 0.1) is 0 Å². The number of aryl methyl sites for hydroxylation is 1. The van der Waals surface area contributed by atoms with Gasteiger partial charge in [-0.25, -0.2) is 0 Å². The molecule has 0 saturated carbocycles. The topological polar surface area (TPSA) is 74.6 Å². The molecule has 0 heterocycles. The van der Waals surface area contributed by atoms with Gasteiger partial charge >= 0.3 is 30.8 Å². The molecule has 0 aromatic heterocycles. The molecule has 0 atom stereocenters. The molecule has 19 heavy (non-hydrogen) atoms. The monoisotopic (exact) mass is 258 g/mol. The van der Waals surface area contributed by atoms with Gasteiger partial charge in [0.25, 0.3) is 0 Å². The molecular formula is C14H19LiO4. The Labute approximate surface area is 125 Å². The molecule has 0 fully saturated rings. The minimum absolute atomic E-state index is 0. The van der Waals surface area contributed by atoms with Crippen LogP contribution in [-0.2, 0) is 15.0 Å². The van der Waals surface area contributed by atoms with Crippen LogP contribution < -0.4 is 0 Å². The molecule has 2 N–H and O–H groups in total. The van der Waals surface area contributed by atoms with E-state index in [1.165, 1.54) is 0 Å². The number of hydrogen-bond acceptors (Lipinski definition) is 2. The summed E-state index contributed by atoms with van der Waals surface area (Å²) in [6, 6.07) is 5.25. The van der Waals surface area contributed by atoms with Crippen LogP contribution in [0.3, 0.4) is 0 Å². The second kappa shape index (κ2) is 6.27. The standard InChI is InChI=1S/C14H18O4.Li.H/c1-8-7-9(14(2,3)4)5-6-10(8)11(12(15)16)13(17)18;;/h5-7,11H,1-4H3,(H,15,16)(H,17,18);;. The summed E-state index contributed by atoms with van der Waals surface area (Å²) in [5.41, 5.74) is 2.03. The van der Waals surface area contributed by atoms with Crippen molar-refractivity contribution in [2.24, 2.45) is 0 Å². The van der Waals surface area contributed by atoms with E-state index in [-0.39, 0.29) is 24.3 Å². The van der Waals surface area contributed by atoms with E-state index in [1.54, 1.807) is 19.1 Å². The summed E-state index contributed by atoms with van der Waals surface area (Å²) in [5.74, 6) is -4.18. The molecule has 5 heteroatoms. The van der Waals surface area contributed by atoms with Crippen molar-refractivity contribution in [3.63, 3.8) is 0 Å². The van der Waals surface area contributed by atoms with Crippen LogP contribution in [0.25, 0.3) is 0 Å². The van der Waals surface area contributed by atoms with Crippen LogP contribution in [0, 0.1) is 6.92 Å². The Morgan fingerprint density at radius 3 is 1.89 bits per heavy atom. The molecule has 0 aliphatic rings. The van der Waals surface area contributed by atoms with E-state index in [0.29, 0.717) is 11.1 Å². The fourth-order valence-electron chi connectivity index (χ4n) is 1.84. The van der Waals surface area contributed by atoms with Crippen LogP contribution in [-0.4, -0.2) is 41.0 Å². The molecule has 0 saturated heterocycles. The fourth-order valence-corrected chi connectivity index (χ4v) is 1.84. The molecule has 0 spiro atoms. The first-order chi connectivity index (χ1) is 8.14. The van der Waals surface area contributed by atoms with Crippen LogP contribution in [0.1, 0.15) is 43.4 Å². The number of rotatable bonds is 3. The number of carbonyl (C=O) groups is 2. The molecule has 1 rings (SSSR count). The van der Waals surface area contributed by atoms with Gasteiger partial charge in [-0.05, 0) is 29.0 Å². The number of carboxylic acid groups (broad SMARTS) is 2. The Kier molecular flexibility index (Phi) is 5.86. The Morgan fingerprint density at radius 2 is 1.58 bits per heavy atom. The van der Waals surface area contributed by atoms with Crippen molar-refractivity contribution in [1.29, 1.82) is 0 Å². The minimum atomic E-state index is -1.50. The Balaban J connectivity index is 0.00000324. The van der Waals surface area contributed by atoms with Gasteiger partial charge < -0.3 is 10.2 Å². The fraction of sp³-hybridized carbons (Fsp3) is 0.429. The maximum absolute atomic E-state index is 11.0. The number of aliphatic carboxylic acids is 2. The maximum atomic E-state index is 11.0. The zero-order valence-corrected chi connectivity index (χ0v) is 11.0. The quantitative estimate of drug-likeness (QED) is 0.641. The van der Waals surface area contributed by atoms with Crippen molar-refractivity contribution in [3.05, 3.63) is 34.9 Å². The molecule has 0 amide bonds. The number of carboxylic acids is 2. The zero-order chi connectivity index (χ0) is 14.1. The summed E-state index contributed by atoms with van der Waals surface area (Å²) in [7, 11) is 0. The van der Waals surface area contributed by atoms with Gasteiger partial charge in [0.2, 0.25) is 0 Å². The Morgan fingerprint density at radius 1 is 1.11 bits per heavy atom. The summed E-state index contributed by atoms with van der Waals surface area (Å²) in [5, 5.41) is 17.9. The van der Waals surface area contributed by atoms with Crippen molar-refractivity contribution in [3.8, 4) is 0 Å². The molecule has 1 aromatic carbocycles. The first-order valence-electron chi connectivity index (χ1n) is 5.71. The summed E-state index contributed by atoms with van der Waals surface area (Å²) in [6.07, 6.45) is 0. The number of benzene rings is 1. The van der Waals surface area contributed by atoms with Crippen LogP contribution in [0.15, 0.2) is 18.2 Å². The molecular weight excluding hydrogens is 239 g/mol. The van der Waals surface area contributed by atoms with Crippen molar-refractivity contribution in [1.82, 2.24) is 0 Å². The summed E-state index contributed by atoms with van der Waals surface area (Å²) >= 11 is 0. The predicted octanol–water partition coefficient (Wildman–Crippen LogP) is 1.90. The average Bonchev–Trinajstić information content (AvgIpc) is 2.18. The third-order valence-corrected chi connectivity index (χ3v) is 2.94. The van der Waals surface area contributed by atoms with Gasteiger partial charge in [-0.3, -0.25) is 9.59 Å². The van der Waals surface area contributed by atoms with Crippen molar-refractivity contribution < 1.29 is 19.8 Å². The molecule has 0 aliphatic carbocycles. The van der Waals surface area contributed by atoms with Gasteiger partial charge in [-0.2, -0.15) is 0 Å². The van der Waals surface area contributed by atoms with Crippen molar-refractivity contribution in [2.45, 2.75) is 39.0 Å². The van der Waals surface area contributed by atoms with E-state index in [9.17, 15) is 9.59 Å². The van der Waals surface area contributed by atoms with Crippen LogP contribution in [0.2, 0.25) is 0 Å². The normalized spacial score (nSPS) is 11.0. The van der Waals surface area contributed by atoms with Gasteiger partial charge in [-0.1, -0.05) is 39.0 Å². The van der Waals surface area contributed by atoms with Crippen molar-refractivity contribution >= 4 is 30.8 Å². The average molecular weight is 258 g/mol. The van der Waals surface area contributed by atoms with E-state index >= 15 is 0 Å². The van der Waals surface area contributed by atoms with E-state index in [0.717, 1.165) is 5.56 Å². The predicted molar refractivity (Wildman–Crippen MR) is 75.0 cm³/mol. The van der Waals surface area contributed by atoms with Gasteiger partial charge in [0, 0.05) is 0 Å². The second-order valence-corrected chi connectivity index (χ2v) is 5.43. The third-order valence-electron chi connectivity index (χ3n) is 2.94. The first-order valence-corrected chi connectivity index (χ1v) is 5.71. The van der Waals surface area contributed by atoms with Crippen LogP contribution in [0.5, 0.6) is 0 Å². The molecule has 4 nitrogen and oxygen atoms in total. The molecule has 0 unspecified atom stereocenters. The molecule has 100 valence electrons. The second-order valence-electron chi connectivity index (χ2n) is 5.43. The van der Waals surface area contributed by atoms with Crippen molar-refractivity contribution in [2.75, 3.05) is 0 Å². The Bertz CT molecular complexity index is 475. The zero-order valence-electron chi connectivity index (χ0n) is 11.0.